The fourth-order valence-corrected chi connectivity index (χ4v) is 3.68. The highest BCUT2D eigenvalue weighted by atomic mass is 16.4. The number of carboxylic acids is 1. The molecule has 1 aromatic heterocycles. The average molecular weight is 357 g/mol. The van der Waals surface area contributed by atoms with E-state index in [1.165, 1.54) is 0 Å². The zero-order valence-corrected chi connectivity index (χ0v) is 14.6. The van der Waals surface area contributed by atoms with Gasteiger partial charge in [-0.15, -0.1) is 6.58 Å². The van der Waals surface area contributed by atoms with Crippen LogP contribution in [-0.2, 0) is 11.3 Å². The number of carbonyl (C=O) groups excluding carboxylic acids is 1. The van der Waals surface area contributed by atoms with Crippen LogP contribution >= 0.6 is 0 Å². The number of likely N-dealkylation sites (tertiary alicyclic amines) is 1. The van der Waals surface area contributed by atoms with Crippen LogP contribution in [0, 0.1) is 5.41 Å². The highest BCUT2D eigenvalue weighted by molar-refractivity contribution is 5.97. The largest absolute Gasteiger partial charge is 0.481 e. The Bertz CT molecular complexity index is 844. The van der Waals surface area contributed by atoms with Gasteiger partial charge in [-0.3, -0.25) is 9.59 Å². The van der Waals surface area contributed by atoms with Gasteiger partial charge in [0.05, 0.1) is 29.4 Å². The van der Waals surface area contributed by atoms with Gasteiger partial charge in [0.1, 0.15) is 0 Å². The number of nitrogens with zero attached hydrogens (tertiary/aromatic N) is 3. The molecule has 1 fully saturated rings. The number of imidazole rings is 1. The van der Waals surface area contributed by atoms with Crippen molar-refractivity contribution in [2.75, 3.05) is 19.7 Å². The highest BCUT2D eigenvalue weighted by Gasteiger charge is 2.42. The zero-order chi connectivity index (χ0) is 18.7. The van der Waals surface area contributed by atoms with Crippen LogP contribution in [0.2, 0.25) is 0 Å². The number of piperidine rings is 1. The first-order valence-corrected chi connectivity index (χ1v) is 8.70. The Labute approximate surface area is 151 Å². The SMILES string of the molecule is C=CC[C@@]1(C(=O)O)CCCN(C(=O)c2ccc3c(c2)ncn3CCO)C1. The molecule has 7 nitrogen and oxygen atoms in total. The molecule has 1 aliphatic heterocycles. The molecular weight excluding hydrogens is 334 g/mol. The number of benzene rings is 1. The standard InChI is InChI=1S/C19H23N3O4/c1-2-6-19(18(25)26)7-3-8-21(12-19)17(24)14-4-5-16-15(11-14)20-13-22(16)9-10-23/h2,4-5,11,13,23H,1,3,6-10,12H2,(H,25,26)/t19-/m1/s1. The summed E-state index contributed by atoms with van der Waals surface area (Å²) in [7, 11) is 0. The molecule has 0 saturated carbocycles. The fourth-order valence-electron chi connectivity index (χ4n) is 3.68. The summed E-state index contributed by atoms with van der Waals surface area (Å²) in [5.74, 6) is -1.06. The van der Waals surface area contributed by atoms with Gasteiger partial charge in [-0.1, -0.05) is 6.08 Å². The van der Waals surface area contributed by atoms with Crippen molar-refractivity contribution < 1.29 is 19.8 Å². The van der Waals surface area contributed by atoms with Crippen LogP contribution in [0.5, 0.6) is 0 Å². The maximum Gasteiger partial charge on any atom is 0.311 e. The van der Waals surface area contributed by atoms with E-state index in [4.69, 9.17) is 5.11 Å². The second kappa shape index (κ2) is 7.29. The van der Waals surface area contributed by atoms with Gasteiger partial charge in [-0.05, 0) is 37.5 Å². The molecule has 1 aromatic carbocycles. The van der Waals surface area contributed by atoms with Crippen molar-refractivity contribution >= 4 is 22.9 Å². The van der Waals surface area contributed by atoms with Crippen molar-refractivity contribution in [1.82, 2.24) is 14.5 Å². The average Bonchev–Trinajstić information content (AvgIpc) is 3.04. The third kappa shape index (κ3) is 3.22. The predicted octanol–water partition coefficient (Wildman–Crippen LogP) is 1.91. The first-order chi connectivity index (χ1) is 12.5. The Hall–Kier alpha value is -2.67. The zero-order valence-electron chi connectivity index (χ0n) is 14.6. The molecule has 138 valence electrons. The third-order valence-electron chi connectivity index (χ3n) is 5.06. The molecule has 1 aliphatic rings. The molecule has 7 heteroatoms. The number of aliphatic hydroxyl groups is 1. The molecule has 1 atom stereocenters. The molecular formula is C19H23N3O4. The molecule has 2 heterocycles. The molecule has 0 unspecified atom stereocenters. The summed E-state index contributed by atoms with van der Waals surface area (Å²) >= 11 is 0. The van der Waals surface area contributed by atoms with Gasteiger partial charge in [0.2, 0.25) is 0 Å². The second-order valence-corrected chi connectivity index (χ2v) is 6.77. The van der Waals surface area contributed by atoms with Gasteiger partial charge in [-0.25, -0.2) is 4.98 Å². The number of aliphatic hydroxyl groups excluding tert-OH is 1. The maximum atomic E-state index is 12.9. The van der Waals surface area contributed by atoms with E-state index < -0.39 is 11.4 Å². The predicted molar refractivity (Wildman–Crippen MR) is 96.8 cm³/mol. The van der Waals surface area contributed by atoms with Crippen LogP contribution in [0.15, 0.2) is 37.2 Å². The molecule has 0 radical (unpaired) electrons. The van der Waals surface area contributed by atoms with Crippen molar-refractivity contribution in [2.45, 2.75) is 25.8 Å². The van der Waals surface area contributed by atoms with E-state index >= 15 is 0 Å². The first kappa shape index (κ1) is 18.1. The monoisotopic (exact) mass is 357 g/mol. The molecule has 2 aromatic rings. The summed E-state index contributed by atoms with van der Waals surface area (Å²) in [6.07, 6.45) is 4.79. The van der Waals surface area contributed by atoms with E-state index in [1.807, 2.05) is 10.6 Å². The number of carboxylic acid groups (broad SMARTS) is 1. The summed E-state index contributed by atoms with van der Waals surface area (Å²) in [5.41, 5.74) is 1.06. The van der Waals surface area contributed by atoms with E-state index in [9.17, 15) is 14.7 Å². The van der Waals surface area contributed by atoms with Crippen LogP contribution < -0.4 is 0 Å². The van der Waals surface area contributed by atoms with Crippen LogP contribution in [0.3, 0.4) is 0 Å². The molecule has 0 spiro atoms. The summed E-state index contributed by atoms with van der Waals surface area (Å²) in [5, 5.41) is 18.7. The molecule has 1 amide bonds. The summed E-state index contributed by atoms with van der Waals surface area (Å²) < 4.78 is 1.82. The Balaban J connectivity index is 1.85. The van der Waals surface area contributed by atoms with Gasteiger partial charge >= 0.3 is 5.97 Å². The lowest BCUT2D eigenvalue weighted by atomic mass is 9.77. The van der Waals surface area contributed by atoms with Crippen LogP contribution in [0.1, 0.15) is 29.6 Å². The van der Waals surface area contributed by atoms with Crippen LogP contribution in [0.4, 0.5) is 0 Å². The molecule has 26 heavy (non-hydrogen) atoms. The van der Waals surface area contributed by atoms with Gasteiger partial charge in [0.15, 0.2) is 0 Å². The molecule has 2 N–H and O–H groups in total. The number of amides is 1. The second-order valence-electron chi connectivity index (χ2n) is 6.77. The van der Waals surface area contributed by atoms with Crippen LogP contribution in [-0.4, -0.2) is 56.2 Å². The molecule has 3 rings (SSSR count). The van der Waals surface area contributed by atoms with E-state index in [-0.39, 0.29) is 19.1 Å². The maximum absolute atomic E-state index is 12.9. The lowest BCUT2D eigenvalue weighted by Crippen LogP contribution is -2.49. The third-order valence-corrected chi connectivity index (χ3v) is 5.06. The van der Waals surface area contributed by atoms with Gasteiger partial charge in [0, 0.05) is 25.2 Å². The number of carbonyl (C=O) groups is 2. The molecule has 0 bridgehead atoms. The van der Waals surface area contributed by atoms with E-state index in [0.29, 0.717) is 43.4 Å². The van der Waals surface area contributed by atoms with Crippen LogP contribution in [0.25, 0.3) is 11.0 Å². The van der Waals surface area contributed by atoms with E-state index in [1.54, 1.807) is 29.4 Å². The summed E-state index contributed by atoms with van der Waals surface area (Å²) in [6.45, 7) is 4.85. The first-order valence-electron chi connectivity index (χ1n) is 8.70. The normalized spacial score (nSPS) is 20.3. The Morgan fingerprint density at radius 2 is 2.19 bits per heavy atom. The molecule has 1 saturated heterocycles. The van der Waals surface area contributed by atoms with Crippen molar-refractivity contribution in [2.24, 2.45) is 5.41 Å². The lowest BCUT2D eigenvalue weighted by Gasteiger charge is -2.39. The smallest absolute Gasteiger partial charge is 0.311 e. The summed E-state index contributed by atoms with van der Waals surface area (Å²) in [6, 6.07) is 5.25. The minimum absolute atomic E-state index is 0.0144. The minimum atomic E-state index is -0.956. The number of rotatable bonds is 6. The number of aromatic nitrogens is 2. The van der Waals surface area contributed by atoms with Crippen molar-refractivity contribution in [3.05, 3.63) is 42.7 Å². The number of allylic oxidation sites excluding steroid dienone is 1. The summed E-state index contributed by atoms with van der Waals surface area (Å²) in [4.78, 5) is 30.6. The Kier molecular flexibility index (Phi) is 5.08. The lowest BCUT2D eigenvalue weighted by molar-refractivity contribution is -0.151. The van der Waals surface area contributed by atoms with Gasteiger partial charge < -0.3 is 19.7 Å². The number of fused-ring (bicyclic) bond motifs is 1. The minimum Gasteiger partial charge on any atom is -0.481 e. The number of aliphatic carboxylic acids is 1. The van der Waals surface area contributed by atoms with Gasteiger partial charge in [0.25, 0.3) is 5.91 Å². The number of hydrogen-bond acceptors (Lipinski definition) is 4. The fraction of sp³-hybridized carbons (Fsp3) is 0.421. The van der Waals surface area contributed by atoms with Crippen molar-refractivity contribution in [1.29, 1.82) is 0 Å². The van der Waals surface area contributed by atoms with Crippen molar-refractivity contribution in [3.63, 3.8) is 0 Å². The van der Waals surface area contributed by atoms with Crippen molar-refractivity contribution in [3.8, 4) is 0 Å². The topological polar surface area (TPSA) is 95.7 Å². The Morgan fingerprint density at radius 1 is 1.38 bits per heavy atom. The van der Waals surface area contributed by atoms with E-state index in [2.05, 4.69) is 11.6 Å². The Morgan fingerprint density at radius 3 is 2.88 bits per heavy atom. The van der Waals surface area contributed by atoms with Gasteiger partial charge in [-0.2, -0.15) is 0 Å². The highest BCUT2D eigenvalue weighted by Crippen LogP contribution is 2.35. The quantitative estimate of drug-likeness (QED) is 0.770. The number of hydrogen-bond donors (Lipinski definition) is 2. The van der Waals surface area contributed by atoms with E-state index in [0.717, 1.165) is 5.52 Å². The molecule has 0 aliphatic carbocycles.